The van der Waals surface area contributed by atoms with Crippen molar-refractivity contribution in [2.45, 2.75) is 52.6 Å². The van der Waals surface area contributed by atoms with E-state index in [-0.39, 0.29) is 0 Å². The van der Waals surface area contributed by atoms with Crippen LogP contribution in [-0.2, 0) is 6.54 Å². The molecule has 0 saturated heterocycles. The molecule has 1 heterocycles. The first-order chi connectivity index (χ1) is 8.43. The van der Waals surface area contributed by atoms with Gasteiger partial charge < -0.3 is 9.73 Å². The summed E-state index contributed by atoms with van der Waals surface area (Å²) >= 11 is 5.80. The van der Waals surface area contributed by atoms with Crippen LogP contribution in [0.4, 0.5) is 0 Å². The van der Waals surface area contributed by atoms with Crippen LogP contribution in [0.15, 0.2) is 16.5 Å². The van der Waals surface area contributed by atoms with Crippen LogP contribution in [0.5, 0.6) is 0 Å². The molecule has 0 spiro atoms. The van der Waals surface area contributed by atoms with Crippen molar-refractivity contribution in [3.8, 4) is 0 Å². The fraction of sp³-hybridized carbons (Fsp3) is 0.733. The molecule has 2 aliphatic rings. The summed E-state index contributed by atoms with van der Waals surface area (Å²) in [6.45, 7) is 8.12. The predicted molar refractivity (Wildman–Crippen MR) is 73.6 cm³/mol. The molecule has 1 aromatic heterocycles. The average molecular weight is 268 g/mol. The molecule has 2 bridgehead atoms. The van der Waals surface area contributed by atoms with Gasteiger partial charge in [0, 0.05) is 6.04 Å². The Morgan fingerprint density at radius 2 is 2.17 bits per heavy atom. The van der Waals surface area contributed by atoms with Gasteiger partial charge in [-0.1, -0.05) is 20.8 Å². The highest BCUT2D eigenvalue weighted by Gasteiger charge is 2.60. The lowest BCUT2D eigenvalue weighted by molar-refractivity contribution is 0.119. The number of nitrogens with one attached hydrogen (secondary N) is 1. The molecule has 2 aliphatic carbocycles. The number of fused-ring (bicyclic) bond motifs is 2. The molecule has 2 fully saturated rings. The second-order valence-corrected chi connectivity index (χ2v) is 7.12. The lowest BCUT2D eigenvalue weighted by Crippen LogP contribution is -2.44. The molecule has 18 heavy (non-hydrogen) atoms. The SMILES string of the molecule is CC1(C)C2CCC1(C)C(NCc1ccc(Cl)o1)C2. The molecule has 0 amide bonds. The number of rotatable bonds is 3. The Hall–Kier alpha value is -0.470. The van der Waals surface area contributed by atoms with E-state index in [2.05, 4.69) is 26.1 Å². The van der Waals surface area contributed by atoms with Gasteiger partial charge in [0.15, 0.2) is 5.22 Å². The van der Waals surface area contributed by atoms with Crippen LogP contribution in [0.25, 0.3) is 0 Å². The topological polar surface area (TPSA) is 25.2 Å². The first-order valence-electron chi connectivity index (χ1n) is 6.91. The normalized spacial score (nSPS) is 37.3. The Morgan fingerprint density at radius 1 is 1.39 bits per heavy atom. The first kappa shape index (κ1) is 12.6. The molecule has 1 aromatic rings. The lowest BCUT2D eigenvalue weighted by Gasteiger charge is -2.39. The van der Waals surface area contributed by atoms with E-state index >= 15 is 0 Å². The van der Waals surface area contributed by atoms with Gasteiger partial charge >= 0.3 is 0 Å². The van der Waals surface area contributed by atoms with E-state index < -0.39 is 0 Å². The largest absolute Gasteiger partial charge is 0.448 e. The third-order valence-electron chi connectivity index (χ3n) is 5.95. The zero-order valence-electron chi connectivity index (χ0n) is 11.4. The maximum absolute atomic E-state index is 5.80. The molecule has 3 unspecified atom stereocenters. The summed E-state index contributed by atoms with van der Waals surface area (Å²) in [6.07, 6.45) is 4.05. The Labute approximate surface area is 114 Å². The van der Waals surface area contributed by atoms with E-state index in [0.717, 1.165) is 18.2 Å². The summed E-state index contributed by atoms with van der Waals surface area (Å²) in [5.74, 6) is 1.81. The predicted octanol–water partition coefficient (Wildman–Crippen LogP) is 4.24. The molecular formula is C15H22ClNO. The highest BCUT2D eigenvalue weighted by atomic mass is 35.5. The molecule has 3 heteroatoms. The van der Waals surface area contributed by atoms with Crippen LogP contribution in [0, 0.1) is 16.7 Å². The summed E-state index contributed by atoms with van der Waals surface area (Å²) < 4.78 is 5.41. The molecule has 1 N–H and O–H groups in total. The minimum absolute atomic E-state index is 0.425. The fourth-order valence-corrected chi connectivity index (χ4v) is 4.35. The monoisotopic (exact) mass is 267 g/mol. The Balaban J connectivity index is 1.69. The van der Waals surface area contributed by atoms with E-state index in [1.807, 2.05) is 12.1 Å². The summed E-state index contributed by atoms with van der Waals surface area (Å²) in [6, 6.07) is 4.37. The van der Waals surface area contributed by atoms with Gasteiger partial charge in [0.25, 0.3) is 0 Å². The fourth-order valence-electron chi connectivity index (χ4n) is 4.18. The van der Waals surface area contributed by atoms with Gasteiger partial charge in [-0.25, -0.2) is 0 Å². The van der Waals surface area contributed by atoms with Crippen LogP contribution >= 0.6 is 11.6 Å². The van der Waals surface area contributed by atoms with E-state index in [9.17, 15) is 0 Å². The van der Waals surface area contributed by atoms with Crippen LogP contribution in [0.1, 0.15) is 45.8 Å². The Morgan fingerprint density at radius 3 is 2.67 bits per heavy atom. The van der Waals surface area contributed by atoms with Crippen LogP contribution in [0.2, 0.25) is 5.22 Å². The zero-order valence-corrected chi connectivity index (χ0v) is 12.2. The number of hydrogen-bond acceptors (Lipinski definition) is 2. The van der Waals surface area contributed by atoms with Crippen molar-refractivity contribution in [3.63, 3.8) is 0 Å². The van der Waals surface area contributed by atoms with E-state index in [1.165, 1.54) is 19.3 Å². The maximum atomic E-state index is 5.80. The summed E-state index contributed by atoms with van der Waals surface area (Å²) in [5.41, 5.74) is 0.888. The molecule has 100 valence electrons. The van der Waals surface area contributed by atoms with Gasteiger partial charge in [0.2, 0.25) is 0 Å². The van der Waals surface area contributed by atoms with Gasteiger partial charge in [0.1, 0.15) is 5.76 Å². The molecular weight excluding hydrogens is 246 g/mol. The smallest absolute Gasteiger partial charge is 0.193 e. The van der Waals surface area contributed by atoms with Gasteiger partial charge in [-0.05, 0) is 59.7 Å². The number of hydrogen-bond donors (Lipinski definition) is 1. The summed E-state index contributed by atoms with van der Waals surface area (Å²) in [4.78, 5) is 0. The zero-order chi connectivity index (χ0) is 13.0. The van der Waals surface area contributed by atoms with E-state index in [4.69, 9.17) is 16.0 Å². The summed E-state index contributed by atoms with van der Waals surface area (Å²) in [5, 5.41) is 4.16. The van der Waals surface area contributed by atoms with Crippen molar-refractivity contribution in [2.75, 3.05) is 0 Å². The molecule has 2 nitrogen and oxygen atoms in total. The van der Waals surface area contributed by atoms with Crippen LogP contribution in [0.3, 0.4) is 0 Å². The first-order valence-corrected chi connectivity index (χ1v) is 7.29. The maximum Gasteiger partial charge on any atom is 0.193 e. The average Bonchev–Trinajstić information content (AvgIpc) is 2.87. The van der Waals surface area contributed by atoms with Crippen molar-refractivity contribution in [2.24, 2.45) is 16.7 Å². The number of furan rings is 1. The summed E-state index contributed by atoms with van der Waals surface area (Å²) in [7, 11) is 0. The lowest BCUT2D eigenvalue weighted by atomic mass is 9.69. The second-order valence-electron chi connectivity index (χ2n) is 6.75. The van der Waals surface area contributed by atoms with Gasteiger partial charge in [-0.3, -0.25) is 0 Å². The van der Waals surface area contributed by atoms with Crippen molar-refractivity contribution in [1.82, 2.24) is 5.32 Å². The highest BCUT2D eigenvalue weighted by Crippen LogP contribution is 2.65. The molecule has 0 aromatic carbocycles. The van der Waals surface area contributed by atoms with Gasteiger partial charge in [-0.15, -0.1) is 0 Å². The van der Waals surface area contributed by atoms with Crippen molar-refractivity contribution >= 4 is 11.6 Å². The molecule has 0 aliphatic heterocycles. The van der Waals surface area contributed by atoms with Crippen molar-refractivity contribution < 1.29 is 4.42 Å². The molecule has 2 saturated carbocycles. The molecule has 0 radical (unpaired) electrons. The minimum Gasteiger partial charge on any atom is -0.448 e. The quantitative estimate of drug-likeness (QED) is 0.886. The highest BCUT2D eigenvalue weighted by molar-refractivity contribution is 6.28. The van der Waals surface area contributed by atoms with E-state index in [1.54, 1.807) is 0 Å². The third kappa shape index (κ3) is 1.65. The molecule has 3 rings (SSSR count). The number of halogens is 1. The third-order valence-corrected chi connectivity index (χ3v) is 6.15. The standard InChI is InChI=1S/C15H22ClNO/c1-14(2)10-6-7-15(14,3)12(8-10)17-9-11-4-5-13(16)18-11/h4-5,10,12,17H,6-9H2,1-3H3. The Bertz CT molecular complexity index is 453. The van der Waals surface area contributed by atoms with Gasteiger partial charge in [-0.2, -0.15) is 0 Å². The minimum atomic E-state index is 0.425. The van der Waals surface area contributed by atoms with Crippen LogP contribution < -0.4 is 5.32 Å². The van der Waals surface area contributed by atoms with Crippen molar-refractivity contribution in [3.05, 3.63) is 23.1 Å². The Kier molecular flexibility index (Phi) is 2.80. The van der Waals surface area contributed by atoms with Gasteiger partial charge in [0.05, 0.1) is 6.54 Å². The second kappa shape index (κ2) is 4.01. The van der Waals surface area contributed by atoms with Crippen LogP contribution in [-0.4, -0.2) is 6.04 Å². The molecule has 3 atom stereocenters. The van der Waals surface area contributed by atoms with Crippen molar-refractivity contribution in [1.29, 1.82) is 0 Å². The van der Waals surface area contributed by atoms with E-state index in [0.29, 0.717) is 22.1 Å².